The van der Waals surface area contributed by atoms with Crippen molar-refractivity contribution in [3.63, 3.8) is 0 Å². The maximum Gasteiger partial charge on any atom is 0.226 e. The number of aryl methyl sites for hydroxylation is 1. The second-order valence-electron chi connectivity index (χ2n) is 5.80. The second-order valence-corrected chi connectivity index (χ2v) is 5.80. The Morgan fingerprint density at radius 1 is 0.962 bits per heavy atom. The summed E-state index contributed by atoms with van der Waals surface area (Å²) in [7, 11) is 4.80. The molecule has 1 amide bonds. The molecule has 0 radical (unpaired) electrons. The molecular weight excluding hydrogens is 332 g/mol. The highest BCUT2D eigenvalue weighted by molar-refractivity contribution is 5.92. The minimum absolute atomic E-state index is 0.0908. The molecule has 1 N–H and O–H groups in total. The summed E-state index contributed by atoms with van der Waals surface area (Å²) in [6.07, 6.45) is 2.32. The molecule has 0 aliphatic rings. The molecule has 0 aliphatic heterocycles. The van der Waals surface area contributed by atoms with Crippen molar-refractivity contribution in [3.8, 4) is 17.2 Å². The fourth-order valence-corrected chi connectivity index (χ4v) is 2.85. The first-order chi connectivity index (χ1) is 12.6. The first kappa shape index (κ1) is 17.7. The molecule has 0 atom stereocenters. The number of ether oxygens (including phenoxy) is 3. The van der Waals surface area contributed by atoms with Crippen LogP contribution >= 0.6 is 0 Å². The Hall–Kier alpha value is -3.15. The van der Waals surface area contributed by atoms with Crippen molar-refractivity contribution >= 4 is 22.5 Å². The summed E-state index contributed by atoms with van der Waals surface area (Å²) in [6, 6.07) is 13.2. The first-order valence-electron chi connectivity index (χ1n) is 8.29. The van der Waals surface area contributed by atoms with E-state index in [4.69, 9.17) is 14.2 Å². The van der Waals surface area contributed by atoms with Gasteiger partial charge in [-0.15, -0.1) is 0 Å². The van der Waals surface area contributed by atoms with Crippen LogP contribution in [0, 0.1) is 0 Å². The Kier molecular flexibility index (Phi) is 5.31. The summed E-state index contributed by atoms with van der Waals surface area (Å²) in [6.45, 7) is 0.577. The van der Waals surface area contributed by atoms with Gasteiger partial charge in [0.2, 0.25) is 5.91 Å². The largest absolute Gasteiger partial charge is 0.497 e. The Bertz CT molecular complexity index is 917. The molecule has 0 saturated heterocycles. The number of hydrogen-bond acceptors (Lipinski definition) is 4. The predicted molar refractivity (Wildman–Crippen MR) is 101 cm³/mol. The Balaban J connectivity index is 1.68. The molecule has 6 heteroatoms. The third-order valence-electron chi connectivity index (χ3n) is 4.24. The maximum atomic E-state index is 12.4. The lowest BCUT2D eigenvalue weighted by Crippen LogP contribution is -2.15. The van der Waals surface area contributed by atoms with Crippen LogP contribution < -0.4 is 19.5 Å². The van der Waals surface area contributed by atoms with Gasteiger partial charge in [0.25, 0.3) is 0 Å². The first-order valence-corrected chi connectivity index (χ1v) is 8.29. The summed E-state index contributed by atoms with van der Waals surface area (Å²) in [4.78, 5) is 12.4. The highest BCUT2D eigenvalue weighted by Crippen LogP contribution is 2.29. The molecule has 3 aromatic rings. The number of carbonyl (C=O) groups excluding carboxylic acids is 1. The molecular formula is C20H22N2O4. The average Bonchev–Trinajstić information content (AvgIpc) is 3.08. The molecule has 0 spiro atoms. The molecule has 26 heavy (non-hydrogen) atoms. The summed E-state index contributed by atoms with van der Waals surface area (Å²) in [5.41, 5.74) is 1.66. The molecule has 2 aromatic carbocycles. The number of rotatable bonds is 7. The summed E-state index contributed by atoms with van der Waals surface area (Å²) >= 11 is 0. The normalized spacial score (nSPS) is 10.6. The summed E-state index contributed by atoms with van der Waals surface area (Å²) in [5, 5.41) is 3.97. The molecule has 1 heterocycles. The molecule has 0 saturated carbocycles. The molecule has 6 nitrogen and oxygen atoms in total. The fourth-order valence-electron chi connectivity index (χ4n) is 2.85. The summed E-state index contributed by atoms with van der Waals surface area (Å²) < 4.78 is 17.8. The van der Waals surface area contributed by atoms with Gasteiger partial charge in [0.05, 0.1) is 27.0 Å². The van der Waals surface area contributed by atoms with Crippen LogP contribution in [0.1, 0.15) is 6.42 Å². The zero-order chi connectivity index (χ0) is 18.5. The third kappa shape index (κ3) is 3.74. The van der Waals surface area contributed by atoms with Crippen LogP contribution in [-0.2, 0) is 11.3 Å². The monoisotopic (exact) mass is 354 g/mol. The number of nitrogens with zero attached hydrogens (tertiary/aromatic N) is 1. The zero-order valence-corrected chi connectivity index (χ0v) is 15.1. The van der Waals surface area contributed by atoms with Crippen molar-refractivity contribution in [2.24, 2.45) is 0 Å². The number of nitrogens with one attached hydrogen (secondary N) is 1. The van der Waals surface area contributed by atoms with E-state index in [2.05, 4.69) is 9.88 Å². The molecule has 136 valence electrons. The number of methoxy groups -OCH3 is 3. The van der Waals surface area contributed by atoms with E-state index in [1.807, 2.05) is 30.5 Å². The molecule has 0 aliphatic carbocycles. The molecule has 1 aromatic heterocycles. The number of fused-ring (bicyclic) bond motifs is 1. The van der Waals surface area contributed by atoms with Crippen LogP contribution in [0.5, 0.6) is 17.2 Å². The van der Waals surface area contributed by atoms with Crippen LogP contribution in [0.25, 0.3) is 10.9 Å². The van der Waals surface area contributed by atoms with E-state index < -0.39 is 0 Å². The van der Waals surface area contributed by atoms with Crippen LogP contribution in [0.15, 0.2) is 48.7 Å². The van der Waals surface area contributed by atoms with E-state index >= 15 is 0 Å². The topological polar surface area (TPSA) is 61.7 Å². The minimum Gasteiger partial charge on any atom is -0.497 e. The van der Waals surface area contributed by atoms with E-state index in [0.717, 1.165) is 16.7 Å². The van der Waals surface area contributed by atoms with Gasteiger partial charge in [-0.1, -0.05) is 0 Å². The van der Waals surface area contributed by atoms with Gasteiger partial charge in [0.1, 0.15) is 17.2 Å². The molecule has 3 rings (SSSR count). The van der Waals surface area contributed by atoms with Crippen LogP contribution in [0.4, 0.5) is 5.69 Å². The minimum atomic E-state index is -0.0908. The van der Waals surface area contributed by atoms with E-state index in [-0.39, 0.29) is 5.91 Å². The Labute approximate surface area is 152 Å². The predicted octanol–water partition coefficient (Wildman–Crippen LogP) is 3.70. The van der Waals surface area contributed by atoms with Gasteiger partial charge < -0.3 is 24.1 Å². The van der Waals surface area contributed by atoms with Crippen LogP contribution in [0.2, 0.25) is 0 Å². The molecule has 0 bridgehead atoms. The highest BCUT2D eigenvalue weighted by atomic mass is 16.5. The van der Waals surface area contributed by atoms with Crippen molar-refractivity contribution in [1.29, 1.82) is 0 Å². The van der Waals surface area contributed by atoms with E-state index in [0.29, 0.717) is 30.2 Å². The number of hydrogen-bond donors (Lipinski definition) is 1. The quantitative estimate of drug-likeness (QED) is 0.703. The van der Waals surface area contributed by atoms with Gasteiger partial charge >= 0.3 is 0 Å². The SMILES string of the molecule is COc1ccc(OC)c(NC(=O)CCn2ccc3cc(OC)ccc32)c1. The van der Waals surface area contributed by atoms with E-state index in [1.165, 1.54) is 0 Å². The van der Waals surface area contributed by atoms with Crippen molar-refractivity contribution in [3.05, 3.63) is 48.7 Å². The zero-order valence-electron chi connectivity index (χ0n) is 15.1. The lowest BCUT2D eigenvalue weighted by atomic mass is 10.2. The van der Waals surface area contributed by atoms with Gasteiger partial charge in [0, 0.05) is 36.1 Å². The molecule has 0 unspecified atom stereocenters. The lowest BCUT2D eigenvalue weighted by molar-refractivity contribution is -0.116. The van der Waals surface area contributed by atoms with E-state index in [9.17, 15) is 4.79 Å². The average molecular weight is 354 g/mol. The number of aromatic nitrogens is 1. The van der Waals surface area contributed by atoms with Gasteiger partial charge in [-0.3, -0.25) is 4.79 Å². The van der Waals surface area contributed by atoms with Gasteiger partial charge in [-0.05, 0) is 36.4 Å². The lowest BCUT2D eigenvalue weighted by Gasteiger charge is -2.12. The maximum absolute atomic E-state index is 12.4. The van der Waals surface area contributed by atoms with Crippen LogP contribution in [-0.4, -0.2) is 31.8 Å². The molecule has 0 fully saturated rings. The number of benzene rings is 2. The standard InChI is InChI=1S/C20H22N2O4/c1-24-15-4-6-18-14(12-15)8-10-22(18)11-9-20(23)21-17-13-16(25-2)5-7-19(17)26-3/h4-8,10,12-13H,9,11H2,1-3H3,(H,21,23). The fraction of sp³-hybridized carbons (Fsp3) is 0.250. The second kappa shape index (κ2) is 7.82. The van der Waals surface area contributed by atoms with E-state index in [1.54, 1.807) is 39.5 Å². The van der Waals surface area contributed by atoms with Gasteiger partial charge in [0.15, 0.2) is 0 Å². The number of amides is 1. The van der Waals surface area contributed by atoms with Crippen LogP contribution in [0.3, 0.4) is 0 Å². The third-order valence-corrected chi connectivity index (χ3v) is 4.24. The van der Waals surface area contributed by atoms with Gasteiger partial charge in [-0.25, -0.2) is 0 Å². The van der Waals surface area contributed by atoms with Crippen molar-refractivity contribution in [2.45, 2.75) is 13.0 Å². The smallest absolute Gasteiger partial charge is 0.226 e. The highest BCUT2D eigenvalue weighted by Gasteiger charge is 2.10. The summed E-state index contributed by atoms with van der Waals surface area (Å²) in [5.74, 6) is 1.98. The number of carbonyl (C=O) groups is 1. The Morgan fingerprint density at radius 3 is 2.42 bits per heavy atom. The number of anilines is 1. The van der Waals surface area contributed by atoms with Gasteiger partial charge in [-0.2, -0.15) is 0 Å². The van der Waals surface area contributed by atoms with Crippen molar-refractivity contribution in [2.75, 3.05) is 26.6 Å². The van der Waals surface area contributed by atoms with Crippen molar-refractivity contribution in [1.82, 2.24) is 4.57 Å². The van der Waals surface area contributed by atoms with Crippen molar-refractivity contribution < 1.29 is 19.0 Å². The Morgan fingerprint density at radius 2 is 1.69 bits per heavy atom.